The molecular formula is C20H16N6O2S. The molecule has 0 saturated heterocycles. The minimum Gasteiger partial charge on any atom is -0.424 e. The fraction of sp³-hybridized carbons (Fsp3) is 0.200. The summed E-state index contributed by atoms with van der Waals surface area (Å²) < 4.78 is 6.59. The van der Waals surface area contributed by atoms with Gasteiger partial charge in [-0.15, -0.1) is 21.5 Å². The lowest BCUT2D eigenvalue weighted by Crippen LogP contribution is -2.25. The summed E-state index contributed by atoms with van der Waals surface area (Å²) in [5.74, 6) is 0.278. The molecule has 29 heavy (non-hydrogen) atoms. The SMILES string of the molecule is Cc1ccc(-c2ccc3nc(Cc4nnc(CC(=O)NCC#N)o4)sc3c2)cn1. The summed E-state index contributed by atoms with van der Waals surface area (Å²) in [5.41, 5.74) is 4.04. The van der Waals surface area contributed by atoms with Crippen molar-refractivity contribution in [2.24, 2.45) is 0 Å². The first kappa shape index (κ1) is 18.7. The van der Waals surface area contributed by atoms with Crippen molar-refractivity contribution in [1.82, 2.24) is 25.5 Å². The third-order valence-corrected chi connectivity index (χ3v) is 5.18. The van der Waals surface area contributed by atoms with Crippen LogP contribution in [0.25, 0.3) is 21.3 Å². The van der Waals surface area contributed by atoms with E-state index in [0.29, 0.717) is 12.3 Å². The molecule has 0 radical (unpaired) electrons. The molecule has 0 spiro atoms. The number of benzene rings is 1. The number of rotatable bonds is 6. The number of nitrogens with zero attached hydrogens (tertiary/aromatic N) is 5. The average molecular weight is 404 g/mol. The number of aryl methyl sites for hydroxylation is 1. The van der Waals surface area contributed by atoms with Gasteiger partial charge in [0.25, 0.3) is 0 Å². The number of thiazole rings is 1. The molecule has 9 heteroatoms. The average Bonchev–Trinajstić information content (AvgIpc) is 3.32. The van der Waals surface area contributed by atoms with Crippen LogP contribution in [0.2, 0.25) is 0 Å². The van der Waals surface area contributed by atoms with Gasteiger partial charge in [0.2, 0.25) is 17.7 Å². The minimum absolute atomic E-state index is 0.0494. The van der Waals surface area contributed by atoms with Gasteiger partial charge in [-0.05, 0) is 30.7 Å². The van der Waals surface area contributed by atoms with Crippen molar-refractivity contribution in [3.05, 3.63) is 59.0 Å². The highest BCUT2D eigenvalue weighted by Gasteiger charge is 2.13. The monoisotopic (exact) mass is 404 g/mol. The van der Waals surface area contributed by atoms with E-state index in [2.05, 4.69) is 37.6 Å². The van der Waals surface area contributed by atoms with E-state index in [-0.39, 0.29) is 24.8 Å². The number of aromatic nitrogens is 4. The molecule has 1 amide bonds. The zero-order chi connectivity index (χ0) is 20.2. The summed E-state index contributed by atoms with van der Waals surface area (Å²) in [6.07, 6.45) is 2.21. The van der Waals surface area contributed by atoms with Crippen molar-refractivity contribution in [2.75, 3.05) is 6.54 Å². The molecule has 144 valence electrons. The van der Waals surface area contributed by atoms with Crippen LogP contribution in [0.4, 0.5) is 0 Å². The fourth-order valence-electron chi connectivity index (χ4n) is 2.76. The van der Waals surface area contributed by atoms with Crippen LogP contribution in [0.3, 0.4) is 0 Å². The van der Waals surface area contributed by atoms with Gasteiger partial charge in [0.15, 0.2) is 0 Å². The molecule has 0 bridgehead atoms. The van der Waals surface area contributed by atoms with Crippen molar-refractivity contribution in [2.45, 2.75) is 19.8 Å². The van der Waals surface area contributed by atoms with Crippen LogP contribution in [0.5, 0.6) is 0 Å². The Bertz CT molecular complexity index is 1210. The van der Waals surface area contributed by atoms with E-state index in [1.165, 1.54) is 0 Å². The summed E-state index contributed by atoms with van der Waals surface area (Å²) >= 11 is 1.56. The van der Waals surface area contributed by atoms with Gasteiger partial charge in [0.1, 0.15) is 18.0 Å². The van der Waals surface area contributed by atoms with E-state index >= 15 is 0 Å². The van der Waals surface area contributed by atoms with Crippen LogP contribution in [-0.4, -0.2) is 32.6 Å². The number of nitrogens with one attached hydrogen (secondary N) is 1. The Morgan fingerprint density at radius 2 is 2.03 bits per heavy atom. The van der Waals surface area contributed by atoms with E-state index < -0.39 is 0 Å². The number of amides is 1. The van der Waals surface area contributed by atoms with E-state index in [4.69, 9.17) is 9.68 Å². The normalized spacial score (nSPS) is 10.8. The van der Waals surface area contributed by atoms with E-state index in [0.717, 1.165) is 32.0 Å². The topological polar surface area (TPSA) is 118 Å². The number of hydrogen-bond donors (Lipinski definition) is 1. The van der Waals surface area contributed by atoms with Gasteiger partial charge in [-0.2, -0.15) is 5.26 Å². The fourth-order valence-corrected chi connectivity index (χ4v) is 3.76. The van der Waals surface area contributed by atoms with E-state index in [9.17, 15) is 4.79 Å². The number of nitriles is 1. The molecule has 0 atom stereocenters. The molecule has 3 heterocycles. The lowest BCUT2D eigenvalue weighted by atomic mass is 10.1. The second-order valence-electron chi connectivity index (χ2n) is 6.36. The Morgan fingerprint density at radius 1 is 1.21 bits per heavy atom. The maximum absolute atomic E-state index is 11.6. The van der Waals surface area contributed by atoms with Crippen molar-refractivity contribution >= 4 is 27.5 Å². The predicted octanol–water partition coefficient (Wildman–Crippen LogP) is 2.82. The maximum Gasteiger partial charge on any atom is 0.230 e. The molecule has 0 unspecified atom stereocenters. The third-order valence-electron chi connectivity index (χ3n) is 4.16. The smallest absolute Gasteiger partial charge is 0.230 e. The molecule has 8 nitrogen and oxygen atoms in total. The van der Waals surface area contributed by atoms with Crippen LogP contribution < -0.4 is 5.32 Å². The predicted molar refractivity (Wildman–Crippen MR) is 107 cm³/mol. The molecule has 4 aromatic rings. The lowest BCUT2D eigenvalue weighted by Gasteiger charge is -2.01. The quantitative estimate of drug-likeness (QED) is 0.491. The van der Waals surface area contributed by atoms with Crippen LogP contribution in [0, 0.1) is 18.3 Å². The van der Waals surface area contributed by atoms with Crippen molar-refractivity contribution < 1.29 is 9.21 Å². The molecule has 3 aromatic heterocycles. The highest BCUT2D eigenvalue weighted by atomic mass is 32.1. The summed E-state index contributed by atoms with van der Waals surface area (Å²) in [6.45, 7) is 1.91. The molecule has 1 N–H and O–H groups in total. The lowest BCUT2D eigenvalue weighted by molar-refractivity contribution is -0.120. The van der Waals surface area contributed by atoms with Gasteiger partial charge < -0.3 is 9.73 Å². The summed E-state index contributed by atoms with van der Waals surface area (Å²) in [7, 11) is 0. The Kier molecular flexibility index (Phi) is 5.27. The first-order chi connectivity index (χ1) is 14.1. The van der Waals surface area contributed by atoms with Crippen LogP contribution in [0.15, 0.2) is 40.9 Å². The van der Waals surface area contributed by atoms with Crippen molar-refractivity contribution in [3.63, 3.8) is 0 Å². The number of hydrogen-bond acceptors (Lipinski definition) is 8. The third kappa shape index (κ3) is 4.44. The standard InChI is InChI=1S/C20H16N6O2S/c1-12-2-3-14(11-23-12)13-4-5-15-16(8-13)29-20(24-15)10-19-26-25-18(28-19)9-17(27)22-7-6-21/h2-5,8,11H,7,9-10H2,1H3,(H,22,27). The van der Waals surface area contributed by atoms with Gasteiger partial charge in [-0.3, -0.25) is 9.78 Å². The molecule has 0 aliphatic heterocycles. The number of carbonyl (C=O) groups excluding carboxylic acids is 1. The Labute approximate surface area is 170 Å². The molecule has 4 rings (SSSR count). The van der Waals surface area contributed by atoms with Gasteiger partial charge in [0, 0.05) is 17.5 Å². The molecule has 1 aromatic carbocycles. The van der Waals surface area contributed by atoms with Gasteiger partial charge in [-0.25, -0.2) is 4.98 Å². The Hall–Kier alpha value is -3.64. The van der Waals surface area contributed by atoms with Gasteiger partial charge >= 0.3 is 0 Å². The largest absolute Gasteiger partial charge is 0.424 e. The summed E-state index contributed by atoms with van der Waals surface area (Å²) in [6, 6.07) is 12.0. The van der Waals surface area contributed by atoms with Crippen LogP contribution in [-0.2, 0) is 17.6 Å². The van der Waals surface area contributed by atoms with Crippen LogP contribution in [0.1, 0.15) is 22.5 Å². The number of fused-ring (bicyclic) bond motifs is 1. The zero-order valence-electron chi connectivity index (χ0n) is 15.5. The molecular weight excluding hydrogens is 388 g/mol. The van der Waals surface area contributed by atoms with Crippen LogP contribution >= 0.6 is 11.3 Å². The molecule has 0 aliphatic rings. The molecule has 0 saturated carbocycles. The molecule has 0 fully saturated rings. The number of carbonyl (C=O) groups is 1. The second kappa shape index (κ2) is 8.16. The van der Waals surface area contributed by atoms with Crippen molar-refractivity contribution in [1.29, 1.82) is 5.26 Å². The minimum atomic E-state index is -0.333. The highest BCUT2D eigenvalue weighted by Crippen LogP contribution is 2.29. The summed E-state index contributed by atoms with van der Waals surface area (Å²) in [5, 5.41) is 19.6. The number of pyridine rings is 1. The molecule has 0 aliphatic carbocycles. The highest BCUT2D eigenvalue weighted by molar-refractivity contribution is 7.18. The first-order valence-corrected chi connectivity index (χ1v) is 9.70. The summed E-state index contributed by atoms with van der Waals surface area (Å²) in [4.78, 5) is 20.6. The van der Waals surface area contributed by atoms with E-state index in [1.54, 1.807) is 11.3 Å². The van der Waals surface area contributed by atoms with E-state index in [1.807, 2.05) is 37.4 Å². The Morgan fingerprint density at radius 3 is 2.83 bits per heavy atom. The van der Waals surface area contributed by atoms with Gasteiger partial charge in [-0.1, -0.05) is 12.1 Å². The Balaban J connectivity index is 1.48. The zero-order valence-corrected chi connectivity index (χ0v) is 16.4. The second-order valence-corrected chi connectivity index (χ2v) is 7.47. The van der Waals surface area contributed by atoms with Crippen molar-refractivity contribution in [3.8, 4) is 17.2 Å². The first-order valence-electron chi connectivity index (χ1n) is 8.88. The maximum atomic E-state index is 11.6. The van der Waals surface area contributed by atoms with Gasteiger partial charge in [0.05, 0.1) is 22.7 Å².